The number of ether oxygens (including phenoxy) is 1. The third kappa shape index (κ3) is 1.44. The quantitative estimate of drug-likeness (QED) is 0.657. The highest BCUT2D eigenvalue weighted by Gasteiger charge is 2.09. The van der Waals surface area contributed by atoms with E-state index in [1.165, 1.54) is 29.1 Å². The maximum Gasteiger partial charge on any atom is 0.119 e. The minimum atomic E-state index is 0.975. The normalized spacial score (nSPS) is 15.4. The summed E-state index contributed by atoms with van der Waals surface area (Å²) in [6.07, 6.45) is 2.54. The molecule has 12 heavy (non-hydrogen) atoms. The molecule has 64 valence electrons. The van der Waals surface area contributed by atoms with E-state index in [-0.39, 0.29) is 0 Å². The average Bonchev–Trinajstić information content (AvgIpc) is 2.17. The summed E-state index contributed by atoms with van der Waals surface area (Å²) in [6.45, 7) is 0. The van der Waals surface area contributed by atoms with Crippen molar-refractivity contribution in [3.63, 3.8) is 0 Å². The lowest BCUT2D eigenvalue weighted by Crippen LogP contribution is -1.98. The van der Waals surface area contributed by atoms with Crippen molar-refractivity contribution >= 4 is 11.8 Å². The van der Waals surface area contributed by atoms with Gasteiger partial charge in [-0.1, -0.05) is 6.07 Å². The summed E-state index contributed by atoms with van der Waals surface area (Å²) in [4.78, 5) is 1.40. The molecule has 1 aromatic carbocycles. The minimum absolute atomic E-state index is 0.975. The first kappa shape index (κ1) is 7.99. The predicted octanol–water partition coefficient (Wildman–Crippen LogP) is 2.73. The lowest BCUT2D eigenvalue weighted by molar-refractivity contribution is 0.413. The zero-order valence-electron chi connectivity index (χ0n) is 7.17. The first-order valence-electron chi connectivity index (χ1n) is 4.20. The van der Waals surface area contributed by atoms with Gasteiger partial charge >= 0.3 is 0 Å². The smallest absolute Gasteiger partial charge is 0.119 e. The molecule has 0 saturated carbocycles. The average molecular weight is 180 g/mol. The molecule has 0 amide bonds. The fourth-order valence-corrected chi connectivity index (χ4v) is 2.51. The van der Waals surface area contributed by atoms with Gasteiger partial charge in [0, 0.05) is 4.90 Å². The molecular formula is C10H12OS. The number of hydrogen-bond acceptors (Lipinski definition) is 2. The minimum Gasteiger partial charge on any atom is -0.497 e. The Balaban J connectivity index is 2.36. The Kier molecular flexibility index (Phi) is 2.26. The molecule has 0 radical (unpaired) electrons. The number of fused-ring (bicyclic) bond motifs is 1. The van der Waals surface area contributed by atoms with Crippen molar-refractivity contribution in [2.24, 2.45) is 0 Å². The zero-order valence-corrected chi connectivity index (χ0v) is 7.99. The van der Waals surface area contributed by atoms with Crippen molar-refractivity contribution < 1.29 is 4.74 Å². The molecule has 0 bridgehead atoms. The van der Waals surface area contributed by atoms with Crippen LogP contribution in [0.3, 0.4) is 0 Å². The van der Waals surface area contributed by atoms with Crippen LogP contribution in [-0.2, 0) is 6.42 Å². The fourth-order valence-electron chi connectivity index (χ4n) is 1.45. The van der Waals surface area contributed by atoms with Crippen LogP contribution >= 0.6 is 11.8 Å². The van der Waals surface area contributed by atoms with Gasteiger partial charge in [-0.15, -0.1) is 11.8 Å². The molecule has 0 atom stereocenters. The second-order valence-electron chi connectivity index (χ2n) is 2.93. The van der Waals surface area contributed by atoms with Crippen LogP contribution in [0.5, 0.6) is 5.75 Å². The van der Waals surface area contributed by atoms with Crippen molar-refractivity contribution in [3.05, 3.63) is 23.8 Å². The lowest BCUT2D eigenvalue weighted by Gasteiger charge is -2.15. The Bertz CT molecular complexity index is 283. The van der Waals surface area contributed by atoms with Crippen LogP contribution in [0.1, 0.15) is 12.0 Å². The maximum atomic E-state index is 5.17. The van der Waals surface area contributed by atoms with E-state index in [9.17, 15) is 0 Å². The number of hydrogen-bond donors (Lipinski definition) is 0. The van der Waals surface area contributed by atoms with Gasteiger partial charge in [-0.25, -0.2) is 0 Å². The van der Waals surface area contributed by atoms with Gasteiger partial charge in [0.15, 0.2) is 0 Å². The van der Waals surface area contributed by atoms with E-state index in [2.05, 4.69) is 12.1 Å². The van der Waals surface area contributed by atoms with Crippen LogP contribution in [0.25, 0.3) is 0 Å². The molecule has 2 rings (SSSR count). The molecular weight excluding hydrogens is 168 g/mol. The van der Waals surface area contributed by atoms with E-state index in [1.54, 1.807) is 7.11 Å². The fraction of sp³-hybridized carbons (Fsp3) is 0.400. The highest BCUT2D eigenvalue weighted by Crippen LogP contribution is 2.32. The summed E-state index contributed by atoms with van der Waals surface area (Å²) < 4.78 is 5.17. The van der Waals surface area contributed by atoms with Gasteiger partial charge < -0.3 is 4.74 Å². The van der Waals surface area contributed by atoms with Gasteiger partial charge in [-0.3, -0.25) is 0 Å². The Morgan fingerprint density at radius 1 is 1.42 bits per heavy atom. The molecule has 0 aliphatic carbocycles. The summed E-state index contributed by atoms with van der Waals surface area (Å²) in [5, 5.41) is 0. The number of benzene rings is 1. The molecule has 0 N–H and O–H groups in total. The summed E-state index contributed by atoms with van der Waals surface area (Å²) >= 11 is 1.94. The Labute approximate surface area is 77.1 Å². The Hall–Kier alpha value is -0.630. The summed E-state index contributed by atoms with van der Waals surface area (Å²) in [5.41, 5.74) is 1.48. The highest BCUT2D eigenvalue weighted by molar-refractivity contribution is 7.99. The maximum absolute atomic E-state index is 5.17. The second-order valence-corrected chi connectivity index (χ2v) is 4.06. The molecule has 0 saturated heterocycles. The van der Waals surface area contributed by atoms with Crippen molar-refractivity contribution in [1.29, 1.82) is 0 Å². The van der Waals surface area contributed by atoms with Gasteiger partial charge in [0.25, 0.3) is 0 Å². The monoisotopic (exact) mass is 180 g/mol. The van der Waals surface area contributed by atoms with Gasteiger partial charge in [0.2, 0.25) is 0 Å². The molecule has 1 heterocycles. The van der Waals surface area contributed by atoms with Crippen LogP contribution in [0.15, 0.2) is 23.1 Å². The van der Waals surface area contributed by atoms with Crippen molar-refractivity contribution in [3.8, 4) is 5.75 Å². The largest absolute Gasteiger partial charge is 0.497 e. The molecule has 0 aromatic heterocycles. The highest BCUT2D eigenvalue weighted by atomic mass is 32.2. The lowest BCUT2D eigenvalue weighted by atomic mass is 10.1. The van der Waals surface area contributed by atoms with E-state index < -0.39 is 0 Å². The molecule has 0 fully saturated rings. The van der Waals surface area contributed by atoms with Crippen molar-refractivity contribution in [2.45, 2.75) is 17.7 Å². The first-order chi connectivity index (χ1) is 5.90. The Morgan fingerprint density at radius 2 is 2.33 bits per heavy atom. The van der Waals surface area contributed by atoms with Crippen LogP contribution < -0.4 is 4.74 Å². The summed E-state index contributed by atoms with van der Waals surface area (Å²) in [6, 6.07) is 6.37. The molecule has 1 aromatic rings. The number of aryl methyl sites for hydroxylation is 1. The van der Waals surface area contributed by atoms with Crippen LogP contribution in [0.4, 0.5) is 0 Å². The molecule has 1 aliphatic heterocycles. The van der Waals surface area contributed by atoms with E-state index in [4.69, 9.17) is 4.74 Å². The topological polar surface area (TPSA) is 9.23 Å². The SMILES string of the molecule is COc1ccc2c(c1)SCCC2. The third-order valence-corrected chi connectivity index (χ3v) is 3.31. The third-order valence-electron chi connectivity index (χ3n) is 2.12. The molecule has 0 spiro atoms. The first-order valence-corrected chi connectivity index (χ1v) is 5.18. The molecule has 1 nitrogen and oxygen atoms in total. The van der Waals surface area contributed by atoms with Crippen molar-refractivity contribution in [1.82, 2.24) is 0 Å². The van der Waals surface area contributed by atoms with Crippen molar-refractivity contribution in [2.75, 3.05) is 12.9 Å². The second kappa shape index (κ2) is 3.40. The standard InChI is InChI=1S/C10H12OS/c1-11-9-5-4-8-3-2-6-12-10(8)7-9/h4-5,7H,2-3,6H2,1H3. The van der Waals surface area contributed by atoms with Crippen LogP contribution in [-0.4, -0.2) is 12.9 Å². The Morgan fingerprint density at radius 3 is 3.17 bits per heavy atom. The number of methoxy groups -OCH3 is 1. The van der Waals surface area contributed by atoms with Crippen LogP contribution in [0.2, 0.25) is 0 Å². The van der Waals surface area contributed by atoms with E-state index in [1.807, 2.05) is 17.8 Å². The van der Waals surface area contributed by atoms with Gasteiger partial charge in [0.05, 0.1) is 7.11 Å². The summed E-state index contributed by atoms with van der Waals surface area (Å²) in [7, 11) is 1.72. The number of thioether (sulfide) groups is 1. The van der Waals surface area contributed by atoms with E-state index in [0.29, 0.717) is 0 Å². The summed E-state index contributed by atoms with van der Waals surface area (Å²) in [5.74, 6) is 2.23. The predicted molar refractivity (Wildman–Crippen MR) is 52.0 cm³/mol. The van der Waals surface area contributed by atoms with Gasteiger partial charge in [-0.05, 0) is 36.3 Å². The van der Waals surface area contributed by atoms with E-state index >= 15 is 0 Å². The molecule has 2 heteroatoms. The van der Waals surface area contributed by atoms with Gasteiger partial charge in [0.1, 0.15) is 5.75 Å². The van der Waals surface area contributed by atoms with Gasteiger partial charge in [-0.2, -0.15) is 0 Å². The molecule has 0 unspecified atom stereocenters. The van der Waals surface area contributed by atoms with E-state index in [0.717, 1.165) is 5.75 Å². The number of rotatable bonds is 1. The zero-order chi connectivity index (χ0) is 8.39. The molecule has 1 aliphatic rings. The van der Waals surface area contributed by atoms with Crippen LogP contribution in [0, 0.1) is 0 Å².